The molecule has 2 N–H and O–H groups in total. The molecule has 6 heteroatoms. The Hall–Kier alpha value is -3.22. The first-order valence-electron chi connectivity index (χ1n) is 13.2. The molecule has 4 heterocycles. The van der Waals surface area contributed by atoms with Crippen molar-refractivity contribution in [3.05, 3.63) is 78.2 Å². The van der Waals surface area contributed by atoms with E-state index < -0.39 is 0 Å². The molecule has 0 saturated carbocycles. The molecular weight excluding hydrogens is 446 g/mol. The molecular formula is C30H35N5O. The molecule has 2 aromatic carbocycles. The molecule has 186 valence electrons. The normalized spacial score (nSPS) is 22.7. The molecule has 0 spiro atoms. The lowest BCUT2D eigenvalue weighted by Crippen LogP contribution is -2.51. The Kier molecular flexibility index (Phi) is 6.46. The number of hydrogen-bond donors (Lipinski definition) is 2. The van der Waals surface area contributed by atoms with Crippen molar-refractivity contribution in [3.8, 4) is 16.9 Å². The minimum Gasteiger partial charge on any atom is -0.490 e. The average Bonchev–Trinajstić information content (AvgIpc) is 3.36. The van der Waals surface area contributed by atoms with E-state index in [0.717, 1.165) is 52.0 Å². The highest BCUT2D eigenvalue weighted by atomic mass is 16.5. The summed E-state index contributed by atoms with van der Waals surface area (Å²) in [7, 11) is 2.30. The van der Waals surface area contributed by atoms with Crippen molar-refractivity contribution in [2.45, 2.75) is 63.2 Å². The highest BCUT2D eigenvalue weighted by molar-refractivity contribution is 5.86. The van der Waals surface area contributed by atoms with Gasteiger partial charge >= 0.3 is 0 Å². The van der Waals surface area contributed by atoms with Crippen molar-refractivity contribution in [1.82, 2.24) is 25.4 Å². The lowest BCUT2D eigenvalue weighted by Gasteiger charge is -2.38. The molecule has 2 bridgehead atoms. The summed E-state index contributed by atoms with van der Waals surface area (Å²) >= 11 is 0. The number of aromatic nitrogens is 3. The van der Waals surface area contributed by atoms with Crippen molar-refractivity contribution < 1.29 is 4.74 Å². The van der Waals surface area contributed by atoms with E-state index in [1.807, 2.05) is 19.3 Å². The van der Waals surface area contributed by atoms with Gasteiger partial charge in [-0.15, -0.1) is 0 Å². The Balaban J connectivity index is 1.17. The monoisotopic (exact) mass is 481 g/mol. The van der Waals surface area contributed by atoms with Crippen molar-refractivity contribution in [2.24, 2.45) is 0 Å². The summed E-state index contributed by atoms with van der Waals surface area (Å²) in [5.74, 6) is 0.805. The molecule has 0 aliphatic carbocycles. The lowest BCUT2D eigenvalue weighted by atomic mass is 9.96. The Morgan fingerprint density at radius 1 is 1.03 bits per heavy atom. The Morgan fingerprint density at radius 3 is 2.64 bits per heavy atom. The van der Waals surface area contributed by atoms with Crippen LogP contribution >= 0.6 is 0 Å². The van der Waals surface area contributed by atoms with Gasteiger partial charge < -0.3 is 15.0 Å². The Labute approximate surface area is 213 Å². The summed E-state index contributed by atoms with van der Waals surface area (Å²) in [5, 5.41) is 12.5. The predicted molar refractivity (Wildman–Crippen MR) is 144 cm³/mol. The predicted octanol–water partition coefficient (Wildman–Crippen LogP) is 5.14. The molecule has 3 atom stereocenters. The van der Waals surface area contributed by atoms with Gasteiger partial charge in [-0.1, -0.05) is 36.4 Å². The second-order valence-corrected chi connectivity index (χ2v) is 10.6. The second-order valence-electron chi connectivity index (χ2n) is 10.6. The van der Waals surface area contributed by atoms with Crippen molar-refractivity contribution in [3.63, 3.8) is 0 Å². The maximum atomic E-state index is 6.38. The largest absolute Gasteiger partial charge is 0.490 e. The topological polar surface area (TPSA) is 66.1 Å². The quantitative estimate of drug-likeness (QED) is 0.365. The van der Waals surface area contributed by atoms with Crippen molar-refractivity contribution in [1.29, 1.82) is 0 Å². The number of nitrogens with one attached hydrogen (secondary N) is 2. The highest BCUT2D eigenvalue weighted by Crippen LogP contribution is 2.34. The van der Waals surface area contributed by atoms with Crippen LogP contribution in [0.5, 0.6) is 5.75 Å². The first-order valence-corrected chi connectivity index (χ1v) is 13.2. The molecule has 4 aromatic rings. The first kappa shape index (κ1) is 23.2. The maximum absolute atomic E-state index is 6.38. The molecule has 0 amide bonds. The summed E-state index contributed by atoms with van der Waals surface area (Å²) < 4.78 is 6.38. The third-order valence-electron chi connectivity index (χ3n) is 8.14. The summed E-state index contributed by atoms with van der Waals surface area (Å²) in [5.41, 5.74) is 5.56. The molecule has 2 aliphatic rings. The van der Waals surface area contributed by atoms with Gasteiger partial charge in [0.05, 0.1) is 11.7 Å². The molecule has 2 saturated heterocycles. The maximum Gasteiger partial charge on any atom is 0.138 e. The number of nitrogens with zero attached hydrogens (tertiary/aromatic N) is 3. The number of pyridine rings is 1. The fourth-order valence-corrected chi connectivity index (χ4v) is 6.12. The fraction of sp³-hybridized carbons (Fsp3) is 0.400. The summed E-state index contributed by atoms with van der Waals surface area (Å²) in [4.78, 5) is 7.09. The van der Waals surface area contributed by atoms with Crippen LogP contribution in [0.2, 0.25) is 0 Å². The number of aromatic amines is 1. The van der Waals surface area contributed by atoms with Crippen LogP contribution in [-0.2, 0) is 6.42 Å². The van der Waals surface area contributed by atoms with Gasteiger partial charge in [0, 0.05) is 47.0 Å². The van der Waals surface area contributed by atoms with Gasteiger partial charge in [-0.05, 0) is 75.4 Å². The van der Waals surface area contributed by atoms with E-state index in [2.05, 4.69) is 87.0 Å². The van der Waals surface area contributed by atoms with Gasteiger partial charge in [0.1, 0.15) is 12.4 Å². The summed E-state index contributed by atoms with van der Waals surface area (Å²) in [6.07, 6.45) is 9.80. The number of hydrogen-bond acceptors (Lipinski definition) is 5. The minimum absolute atomic E-state index is 0.244. The molecule has 1 unspecified atom stereocenters. The van der Waals surface area contributed by atoms with Crippen molar-refractivity contribution >= 4 is 10.9 Å². The number of ether oxygens (including phenoxy) is 1. The van der Waals surface area contributed by atoms with Crippen LogP contribution in [0.1, 0.15) is 36.9 Å². The lowest BCUT2D eigenvalue weighted by molar-refractivity contribution is 0.135. The SMILES string of the molecule is Cc1[nH]nc2ccc(-c3cncc(OCC(Cc4ccccc4)NC4C[C@H]5CC[C@H](C4)N5C)c3)cc12. The van der Waals surface area contributed by atoms with Gasteiger partial charge in [-0.2, -0.15) is 5.10 Å². The van der Waals surface area contributed by atoms with E-state index in [4.69, 9.17) is 4.74 Å². The molecule has 0 radical (unpaired) electrons. The average molecular weight is 482 g/mol. The van der Waals surface area contributed by atoms with E-state index >= 15 is 0 Å². The van der Waals surface area contributed by atoms with Crippen LogP contribution < -0.4 is 10.1 Å². The molecule has 36 heavy (non-hydrogen) atoms. The Morgan fingerprint density at radius 2 is 1.83 bits per heavy atom. The standard InChI is InChI=1S/C30H35N5O/c1-20-29-14-22(8-11-30(29)34-33-20)23-13-28(18-31-17-23)36-19-25(12-21-6-4-3-5-7-21)32-24-15-26-9-10-27(16-24)35(26)2/h3-8,11,13-14,17-18,24-27,32H,9-10,12,15-16,19H2,1-2H3,(H,33,34)/t25?,26-,27-/m1/s1. The number of aryl methyl sites for hydroxylation is 1. The smallest absolute Gasteiger partial charge is 0.138 e. The number of H-pyrrole nitrogens is 1. The zero-order valence-electron chi connectivity index (χ0n) is 21.2. The van der Waals surface area contributed by atoms with Crippen LogP contribution in [-0.4, -0.2) is 57.9 Å². The van der Waals surface area contributed by atoms with Gasteiger partial charge in [-0.25, -0.2) is 0 Å². The zero-order valence-corrected chi connectivity index (χ0v) is 21.2. The third-order valence-corrected chi connectivity index (χ3v) is 8.14. The minimum atomic E-state index is 0.244. The molecule has 6 nitrogen and oxygen atoms in total. The van der Waals surface area contributed by atoms with Gasteiger partial charge in [0.2, 0.25) is 0 Å². The van der Waals surface area contributed by atoms with E-state index in [-0.39, 0.29) is 6.04 Å². The van der Waals surface area contributed by atoms with Crippen LogP contribution in [0.4, 0.5) is 0 Å². The van der Waals surface area contributed by atoms with Crippen LogP contribution in [0.15, 0.2) is 67.0 Å². The second kappa shape index (κ2) is 10.0. The molecule has 2 aliphatic heterocycles. The van der Waals surface area contributed by atoms with E-state index in [1.54, 1.807) is 0 Å². The van der Waals surface area contributed by atoms with Gasteiger partial charge in [0.25, 0.3) is 0 Å². The van der Waals surface area contributed by atoms with Crippen LogP contribution in [0.3, 0.4) is 0 Å². The van der Waals surface area contributed by atoms with E-state index in [0.29, 0.717) is 12.6 Å². The summed E-state index contributed by atoms with van der Waals surface area (Å²) in [6, 6.07) is 21.4. The zero-order chi connectivity index (χ0) is 24.5. The van der Waals surface area contributed by atoms with E-state index in [1.165, 1.54) is 31.2 Å². The Bertz CT molecular complexity index is 1310. The van der Waals surface area contributed by atoms with Gasteiger partial charge in [0.15, 0.2) is 0 Å². The molecule has 6 rings (SSSR count). The summed E-state index contributed by atoms with van der Waals surface area (Å²) in [6.45, 7) is 2.66. The number of rotatable bonds is 8. The number of fused-ring (bicyclic) bond motifs is 3. The van der Waals surface area contributed by atoms with E-state index in [9.17, 15) is 0 Å². The molecule has 2 aromatic heterocycles. The van der Waals surface area contributed by atoms with Crippen molar-refractivity contribution in [2.75, 3.05) is 13.7 Å². The molecule has 2 fully saturated rings. The fourth-order valence-electron chi connectivity index (χ4n) is 6.12. The van der Waals surface area contributed by atoms with Crippen LogP contribution in [0.25, 0.3) is 22.0 Å². The van der Waals surface area contributed by atoms with Crippen LogP contribution in [0, 0.1) is 6.92 Å². The van der Waals surface area contributed by atoms with Gasteiger partial charge in [-0.3, -0.25) is 10.1 Å². The third kappa shape index (κ3) is 4.88. The highest BCUT2D eigenvalue weighted by Gasteiger charge is 2.38. The number of benzene rings is 2. The number of piperidine rings is 1. The first-order chi connectivity index (χ1) is 17.6.